The van der Waals surface area contributed by atoms with Gasteiger partial charge in [0.1, 0.15) is 0 Å². The zero-order chi connectivity index (χ0) is 35.6. The second-order valence-electron chi connectivity index (χ2n) is 14.5. The monoisotopic (exact) mass is 676 g/mol. The van der Waals surface area contributed by atoms with Gasteiger partial charge in [0.25, 0.3) is 0 Å². The first-order valence-electron chi connectivity index (χ1n) is 19.1. The smallest absolute Gasteiger partial charge is 0.0540 e. The highest BCUT2D eigenvalue weighted by Crippen LogP contribution is 2.47. The topological polar surface area (TPSA) is 6.48 Å². The first-order valence-corrected chi connectivity index (χ1v) is 19.1. The SMILES string of the molecule is CCCCc1ccc(N(c2ccc(C)cc2)c2ccc3ccc4c(N(c5ccc(C)cc5)c5ccc(CCCC)cc5)ccc5ccc2c3c54)cc1. The van der Waals surface area contributed by atoms with Crippen molar-refractivity contribution in [3.05, 3.63) is 168 Å². The molecule has 0 spiro atoms. The number of anilines is 6. The quantitative estimate of drug-likeness (QED) is 0.119. The lowest BCUT2D eigenvalue weighted by molar-refractivity contribution is 0.795. The van der Waals surface area contributed by atoms with Gasteiger partial charge in [-0.2, -0.15) is 0 Å². The van der Waals surface area contributed by atoms with E-state index in [1.165, 1.54) is 103 Å². The van der Waals surface area contributed by atoms with Crippen LogP contribution in [0.3, 0.4) is 0 Å². The Labute approximate surface area is 309 Å². The van der Waals surface area contributed by atoms with Gasteiger partial charge in [0.05, 0.1) is 11.4 Å². The zero-order valence-corrected chi connectivity index (χ0v) is 31.0. The van der Waals surface area contributed by atoms with Crippen LogP contribution in [0.15, 0.2) is 146 Å². The Hall–Kier alpha value is -5.60. The van der Waals surface area contributed by atoms with Gasteiger partial charge in [-0.3, -0.25) is 0 Å². The maximum Gasteiger partial charge on any atom is 0.0540 e. The Balaban J connectivity index is 1.32. The number of hydrogen-bond donors (Lipinski definition) is 0. The summed E-state index contributed by atoms with van der Waals surface area (Å²) in [6, 6.07) is 54.9. The number of unbranched alkanes of at least 4 members (excludes halogenated alkanes) is 2. The van der Waals surface area contributed by atoms with Crippen LogP contribution in [0.2, 0.25) is 0 Å². The molecule has 0 aliphatic rings. The molecule has 0 N–H and O–H groups in total. The molecule has 0 amide bonds. The zero-order valence-electron chi connectivity index (χ0n) is 31.0. The normalized spacial score (nSPS) is 11.5. The summed E-state index contributed by atoms with van der Waals surface area (Å²) in [5.41, 5.74) is 12.4. The van der Waals surface area contributed by atoms with Gasteiger partial charge in [0, 0.05) is 33.5 Å². The fraction of sp³-hybridized carbons (Fsp3) is 0.200. The van der Waals surface area contributed by atoms with Gasteiger partial charge in [-0.05, 0) is 133 Å². The third-order valence-electron chi connectivity index (χ3n) is 10.7. The standard InChI is InChI=1S/C50H48N2/c1-5-7-9-37-15-27-43(28-16-37)51(41-23-11-35(3)12-24-41)47-33-21-39-20-32-46-48(34-22-40-19-31-45(47)49(39)50(40)46)52(42-25-13-36(4)14-26-42)44-29-17-38(18-30-44)10-8-6-2/h11-34H,5-10H2,1-4H3. The minimum Gasteiger partial charge on any atom is -0.310 e. The van der Waals surface area contributed by atoms with Crippen molar-refractivity contribution >= 4 is 66.4 Å². The molecule has 0 heterocycles. The Morgan fingerprint density at radius 1 is 0.365 bits per heavy atom. The predicted octanol–water partition coefficient (Wildman–Crippen LogP) is 14.8. The third kappa shape index (κ3) is 6.39. The summed E-state index contributed by atoms with van der Waals surface area (Å²) in [5, 5.41) is 7.65. The van der Waals surface area contributed by atoms with E-state index in [1.54, 1.807) is 0 Å². The van der Waals surface area contributed by atoms with E-state index in [0.717, 1.165) is 24.2 Å². The molecule has 0 unspecified atom stereocenters. The molecule has 0 saturated carbocycles. The molecule has 0 aliphatic carbocycles. The highest BCUT2D eigenvalue weighted by molar-refractivity contribution is 6.28. The van der Waals surface area contributed by atoms with Crippen molar-refractivity contribution in [2.24, 2.45) is 0 Å². The van der Waals surface area contributed by atoms with Gasteiger partial charge < -0.3 is 9.80 Å². The maximum absolute atomic E-state index is 2.44. The first kappa shape index (κ1) is 33.5. The van der Waals surface area contributed by atoms with Crippen LogP contribution >= 0.6 is 0 Å². The van der Waals surface area contributed by atoms with Crippen LogP contribution in [0.25, 0.3) is 32.3 Å². The van der Waals surface area contributed by atoms with Crippen LogP contribution in [0, 0.1) is 13.8 Å². The Kier molecular flexibility index (Phi) is 9.39. The van der Waals surface area contributed by atoms with Crippen LogP contribution in [0.4, 0.5) is 34.1 Å². The fourth-order valence-corrected chi connectivity index (χ4v) is 7.79. The van der Waals surface area contributed by atoms with E-state index in [-0.39, 0.29) is 0 Å². The van der Waals surface area contributed by atoms with Crippen molar-refractivity contribution < 1.29 is 0 Å². The van der Waals surface area contributed by atoms with Gasteiger partial charge in [-0.1, -0.05) is 123 Å². The Morgan fingerprint density at radius 2 is 0.692 bits per heavy atom. The summed E-state index contributed by atoms with van der Waals surface area (Å²) >= 11 is 0. The lowest BCUT2D eigenvalue weighted by Gasteiger charge is -2.29. The lowest BCUT2D eigenvalue weighted by Crippen LogP contribution is -2.11. The second kappa shape index (κ2) is 14.6. The molecule has 0 atom stereocenters. The van der Waals surface area contributed by atoms with Gasteiger partial charge >= 0.3 is 0 Å². The van der Waals surface area contributed by atoms with Crippen molar-refractivity contribution in [1.29, 1.82) is 0 Å². The van der Waals surface area contributed by atoms with E-state index < -0.39 is 0 Å². The molecule has 8 rings (SSSR count). The molecule has 258 valence electrons. The van der Waals surface area contributed by atoms with E-state index >= 15 is 0 Å². The number of benzene rings is 8. The van der Waals surface area contributed by atoms with Crippen LogP contribution in [-0.4, -0.2) is 0 Å². The summed E-state index contributed by atoms with van der Waals surface area (Å²) in [4.78, 5) is 4.88. The molecule has 8 aromatic carbocycles. The largest absolute Gasteiger partial charge is 0.310 e. The van der Waals surface area contributed by atoms with Gasteiger partial charge in [-0.25, -0.2) is 0 Å². The average Bonchev–Trinajstić information content (AvgIpc) is 3.18. The molecule has 52 heavy (non-hydrogen) atoms. The fourth-order valence-electron chi connectivity index (χ4n) is 7.79. The summed E-state index contributed by atoms with van der Waals surface area (Å²) in [7, 11) is 0. The average molecular weight is 677 g/mol. The summed E-state index contributed by atoms with van der Waals surface area (Å²) in [6.45, 7) is 8.84. The molecule has 0 fully saturated rings. The van der Waals surface area contributed by atoms with Crippen LogP contribution < -0.4 is 9.80 Å². The number of nitrogens with zero attached hydrogens (tertiary/aromatic N) is 2. The molecule has 8 aromatic rings. The van der Waals surface area contributed by atoms with E-state index in [0.29, 0.717) is 0 Å². The van der Waals surface area contributed by atoms with Gasteiger partial charge in [0.15, 0.2) is 0 Å². The lowest BCUT2D eigenvalue weighted by atomic mass is 9.91. The minimum absolute atomic E-state index is 1.12. The van der Waals surface area contributed by atoms with E-state index in [4.69, 9.17) is 0 Å². The molecule has 0 saturated heterocycles. The summed E-state index contributed by atoms with van der Waals surface area (Å²) in [6.07, 6.45) is 7.06. The third-order valence-corrected chi connectivity index (χ3v) is 10.7. The van der Waals surface area contributed by atoms with Crippen molar-refractivity contribution in [1.82, 2.24) is 0 Å². The highest BCUT2D eigenvalue weighted by Gasteiger charge is 2.21. The van der Waals surface area contributed by atoms with Crippen LogP contribution in [0.5, 0.6) is 0 Å². The number of aryl methyl sites for hydroxylation is 4. The molecular formula is C50H48N2. The molecule has 0 aliphatic heterocycles. The Morgan fingerprint density at radius 3 is 1.04 bits per heavy atom. The second-order valence-corrected chi connectivity index (χ2v) is 14.5. The maximum atomic E-state index is 2.44. The van der Waals surface area contributed by atoms with Crippen molar-refractivity contribution in [3.63, 3.8) is 0 Å². The number of hydrogen-bond acceptors (Lipinski definition) is 2. The Bertz CT molecular complexity index is 2250. The van der Waals surface area contributed by atoms with E-state index in [1.807, 2.05) is 0 Å². The van der Waals surface area contributed by atoms with E-state index in [2.05, 4.69) is 183 Å². The molecule has 0 radical (unpaired) electrons. The molecule has 0 bridgehead atoms. The van der Waals surface area contributed by atoms with E-state index in [9.17, 15) is 0 Å². The van der Waals surface area contributed by atoms with Crippen LogP contribution in [-0.2, 0) is 12.8 Å². The highest BCUT2D eigenvalue weighted by atomic mass is 15.1. The van der Waals surface area contributed by atoms with Crippen molar-refractivity contribution in [2.75, 3.05) is 9.80 Å². The van der Waals surface area contributed by atoms with Crippen molar-refractivity contribution in [3.8, 4) is 0 Å². The van der Waals surface area contributed by atoms with Crippen LogP contribution in [0.1, 0.15) is 61.8 Å². The molecule has 2 nitrogen and oxygen atoms in total. The van der Waals surface area contributed by atoms with Crippen molar-refractivity contribution in [2.45, 2.75) is 66.2 Å². The first-order chi connectivity index (χ1) is 25.5. The molecule has 0 aromatic heterocycles. The summed E-state index contributed by atoms with van der Waals surface area (Å²) in [5.74, 6) is 0. The molecular weight excluding hydrogens is 629 g/mol. The number of rotatable bonds is 12. The summed E-state index contributed by atoms with van der Waals surface area (Å²) < 4.78 is 0. The predicted molar refractivity (Wildman–Crippen MR) is 226 cm³/mol. The van der Waals surface area contributed by atoms with Gasteiger partial charge in [0.2, 0.25) is 0 Å². The van der Waals surface area contributed by atoms with Gasteiger partial charge in [-0.15, -0.1) is 0 Å². The minimum atomic E-state index is 1.12. The molecule has 2 heteroatoms.